The van der Waals surface area contributed by atoms with Crippen LogP contribution in [0, 0.1) is 6.92 Å². The largest absolute Gasteiger partial charge is 0.319 e. The zero-order chi connectivity index (χ0) is 22.0. The number of halogens is 2. The monoisotopic (exact) mass is 450 g/mol. The Morgan fingerprint density at radius 2 is 1.74 bits per heavy atom. The molecule has 0 radical (unpaired) electrons. The summed E-state index contributed by atoms with van der Waals surface area (Å²) in [6.45, 7) is 4.03. The number of aromatic nitrogens is 3. The number of rotatable bonds is 5. The lowest BCUT2D eigenvalue weighted by Crippen LogP contribution is -2.14. The molecule has 4 aromatic rings. The molecule has 3 aromatic carbocycles. The van der Waals surface area contributed by atoms with Crippen molar-refractivity contribution in [3.63, 3.8) is 0 Å². The highest BCUT2D eigenvalue weighted by Crippen LogP contribution is 2.27. The number of anilines is 1. The summed E-state index contributed by atoms with van der Waals surface area (Å²) in [5.41, 5.74) is 4.30. The number of amides is 1. The molecular formula is C24H20Cl2N4O. The number of nitrogens with one attached hydrogen (secondary N) is 1. The van der Waals surface area contributed by atoms with Crippen molar-refractivity contribution < 1.29 is 4.79 Å². The van der Waals surface area contributed by atoms with Gasteiger partial charge in [-0.2, -0.15) is 0 Å². The Balaban J connectivity index is 1.77. The Morgan fingerprint density at radius 3 is 2.45 bits per heavy atom. The van der Waals surface area contributed by atoms with Crippen LogP contribution in [0.4, 0.5) is 5.69 Å². The molecule has 4 rings (SSSR count). The van der Waals surface area contributed by atoms with E-state index in [9.17, 15) is 4.79 Å². The Labute approximate surface area is 190 Å². The molecule has 0 aliphatic rings. The van der Waals surface area contributed by atoms with Crippen molar-refractivity contribution in [3.8, 4) is 17.1 Å². The zero-order valence-corrected chi connectivity index (χ0v) is 18.6. The quantitative estimate of drug-likeness (QED) is 0.384. The molecule has 0 aliphatic carbocycles. The molecule has 7 heteroatoms. The molecule has 1 amide bonds. The number of carbonyl (C=O) groups is 1. The van der Waals surface area contributed by atoms with Gasteiger partial charge in [-0.25, -0.2) is 9.67 Å². The van der Waals surface area contributed by atoms with E-state index in [0.29, 0.717) is 21.6 Å². The van der Waals surface area contributed by atoms with Gasteiger partial charge in [-0.15, -0.1) is 5.10 Å². The van der Waals surface area contributed by atoms with Crippen LogP contribution in [0.1, 0.15) is 28.7 Å². The highest BCUT2D eigenvalue weighted by Gasteiger charge is 2.20. The average Bonchev–Trinajstić information content (AvgIpc) is 3.21. The second-order valence-electron chi connectivity index (χ2n) is 7.12. The van der Waals surface area contributed by atoms with E-state index in [1.807, 2.05) is 55.5 Å². The lowest BCUT2D eigenvalue weighted by Gasteiger charge is -2.09. The van der Waals surface area contributed by atoms with Crippen LogP contribution in [0.5, 0.6) is 0 Å². The fraction of sp³-hybridized carbons (Fsp3) is 0.125. The van der Waals surface area contributed by atoms with Crippen molar-refractivity contribution in [1.82, 2.24) is 14.8 Å². The third-order valence-electron chi connectivity index (χ3n) is 4.91. The molecule has 31 heavy (non-hydrogen) atoms. The maximum Gasteiger partial charge on any atom is 0.295 e. The van der Waals surface area contributed by atoms with Gasteiger partial charge in [0.05, 0.1) is 5.69 Å². The van der Waals surface area contributed by atoms with Crippen LogP contribution in [0.15, 0.2) is 66.7 Å². The van der Waals surface area contributed by atoms with E-state index < -0.39 is 5.91 Å². The molecule has 0 saturated carbocycles. The predicted octanol–water partition coefficient (Wildman–Crippen LogP) is 6.36. The van der Waals surface area contributed by atoms with Gasteiger partial charge in [0, 0.05) is 21.3 Å². The number of hydrogen-bond acceptors (Lipinski definition) is 3. The topological polar surface area (TPSA) is 59.8 Å². The molecule has 156 valence electrons. The zero-order valence-electron chi connectivity index (χ0n) is 17.1. The summed E-state index contributed by atoms with van der Waals surface area (Å²) < 4.78 is 1.63. The van der Waals surface area contributed by atoms with Crippen LogP contribution in [0.2, 0.25) is 10.0 Å². The maximum absolute atomic E-state index is 12.9. The van der Waals surface area contributed by atoms with Gasteiger partial charge in [-0.05, 0) is 60.9 Å². The van der Waals surface area contributed by atoms with Crippen molar-refractivity contribution >= 4 is 34.8 Å². The molecular weight excluding hydrogens is 431 g/mol. The van der Waals surface area contributed by atoms with E-state index in [1.54, 1.807) is 22.9 Å². The number of aryl methyl sites for hydroxylation is 2. The molecule has 0 saturated heterocycles. The summed E-state index contributed by atoms with van der Waals surface area (Å²) in [7, 11) is 0. The molecule has 1 aromatic heterocycles. The summed E-state index contributed by atoms with van der Waals surface area (Å²) in [5, 5.41) is 8.50. The minimum atomic E-state index is -0.397. The minimum Gasteiger partial charge on any atom is -0.319 e. The second-order valence-corrected chi connectivity index (χ2v) is 7.99. The predicted molar refractivity (Wildman–Crippen MR) is 125 cm³/mol. The SMILES string of the molecule is CCc1ccc(NC(=O)c2nc(-c3cccc(Cl)c3)n(-c3cc(Cl)ccc3C)n2)cc1. The van der Waals surface area contributed by atoms with Gasteiger partial charge >= 0.3 is 0 Å². The van der Waals surface area contributed by atoms with E-state index >= 15 is 0 Å². The van der Waals surface area contributed by atoms with E-state index in [2.05, 4.69) is 22.3 Å². The normalized spacial score (nSPS) is 10.8. The molecule has 1 N–H and O–H groups in total. The first kappa shape index (κ1) is 21.1. The van der Waals surface area contributed by atoms with Gasteiger partial charge in [0.25, 0.3) is 5.91 Å². The first-order valence-electron chi connectivity index (χ1n) is 9.84. The van der Waals surface area contributed by atoms with Gasteiger partial charge in [0.1, 0.15) is 0 Å². The third kappa shape index (κ3) is 4.63. The first-order chi connectivity index (χ1) is 14.9. The summed E-state index contributed by atoms with van der Waals surface area (Å²) in [5.74, 6) is 0.152. The van der Waals surface area contributed by atoms with Gasteiger partial charge in [0.15, 0.2) is 5.82 Å². The van der Waals surface area contributed by atoms with Gasteiger partial charge in [0.2, 0.25) is 5.82 Å². The van der Waals surface area contributed by atoms with Crippen molar-refractivity contribution in [2.45, 2.75) is 20.3 Å². The Hall–Kier alpha value is -3.15. The highest BCUT2D eigenvalue weighted by molar-refractivity contribution is 6.31. The van der Waals surface area contributed by atoms with E-state index in [0.717, 1.165) is 23.2 Å². The molecule has 5 nitrogen and oxygen atoms in total. The van der Waals surface area contributed by atoms with Crippen molar-refractivity contribution in [3.05, 3.63) is 93.7 Å². The van der Waals surface area contributed by atoms with Crippen LogP contribution in [-0.4, -0.2) is 20.7 Å². The molecule has 0 spiro atoms. The minimum absolute atomic E-state index is 0.0499. The van der Waals surface area contributed by atoms with Gasteiger partial charge < -0.3 is 5.32 Å². The fourth-order valence-electron chi connectivity index (χ4n) is 3.21. The van der Waals surface area contributed by atoms with Crippen LogP contribution in [0.25, 0.3) is 17.1 Å². The van der Waals surface area contributed by atoms with Crippen LogP contribution < -0.4 is 5.32 Å². The summed E-state index contributed by atoms with van der Waals surface area (Å²) >= 11 is 12.4. The fourth-order valence-corrected chi connectivity index (χ4v) is 3.57. The van der Waals surface area contributed by atoms with Gasteiger partial charge in [-0.1, -0.05) is 60.5 Å². The number of hydrogen-bond donors (Lipinski definition) is 1. The number of nitrogens with zero attached hydrogens (tertiary/aromatic N) is 3. The van der Waals surface area contributed by atoms with Crippen molar-refractivity contribution in [1.29, 1.82) is 0 Å². The van der Waals surface area contributed by atoms with Gasteiger partial charge in [-0.3, -0.25) is 4.79 Å². The molecule has 0 bridgehead atoms. The van der Waals surface area contributed by atoms with Crippen molar-refractivity contribution in [2.24, 2.45) is 0 Å². The summed E-state index contributed by atoms with van der Waals surface area (Å²) in [6.07, 6.45) is 0.933. The third-order valence-corrected chi connectivity index (χ3v) is 5.38. The second kappa shape index (κ2) is 8.92. The number of carbonyl (C=O) groups excluding carboxylic acids is 1. The lowest BCUT2D eigenvalue weighted by molar-refractivity contribution is 0.101. The van der Waals surface area contributed by atoms with Crippen molar-refractivity contribution in [2.75, 3.05) is 5.32 Å². The molecule has 0 fully saturated rings. The molecule has 0 aliphatic heterocycles. The maximum atomic E-state index is 12.9. The Bertz CT molecular complexity index is 1250. The van der Waals surface area contributed by atoms with E-state index in [1.165, 1.54) is 5.56 Å². The smallest absolute Gasteiger partial charge is 0.295 e. The summed E-state index contributed by atoms with van der Waals surface area (Å²) in [6, 6.07) is 20.5. The van der Waals surface area contributed by atoms with E-state index in [4.69, 9.17) is 23.2 Å². The van der Waals surface area contributed by atoms with Crippen LogP contribution in [0.3, 0.4) is 0 Å². The standard InChI is InChI=1S/C24H20Cl2N4O/c1-3-16-8-11-20(12-9-16)27-24(31)22-28-23(17-5-4-6-18(25)13-17)30(29-22)21-14-19(26)10-7-15(21)2/h4-14H,3H2,1-2H3,(H,27,31). The average molecular weight is 451 g/mol. The molecule has 1 heterocycles. The summed E-state index contributed by atoms with van der Waals surface area (Å²) in [4.78, 5) is 17.5. The van der Waals surface area contributed by atoms with Crippen LogP contribution >= 0.6 is 23.2 Å². The van der Waals surface area contributed by atoms with E-state index in [-0.39, 0.29) is 5.82 Å². The molecule has 0 atom stereocenters. The van der Waals surface area contributed by atoms with Crippen LogP contribution in [-0.2, 0) is 6.42 Å². The first-order valence-corrected chi connectivity index (χ1v) is 10.6. The number of benzene rings is 3. The Morgan fingerprint density at radius 1 is 1.00 bits per heavy atom. The highest BCUT2D eigenvalue weighted by atomic mass is 35.5. The Kier molecular flexibility index (Phi) is 6.07. The molecule has 0 unspecified atom stereocenters. The lowest BCUT2D eigenvalue weighted by atomic mass is 10.1.